The fourth-order valence-electron chi connectivity index (χ4n) is 2.31. The molecule has 0 bridgehead atoms. The molecule has 0 fully saturated rings. The lowest BCUT2D eigenvalue weighted by molar-refractivity contribution is 0.103. The number of para-hydroxylation sites is 1. The van der Waals surface area contributed by atoms with Crippen molar-refractivity contribution in [3.05, 3.63) is 76.0 Å². The van der Waals surface area contributed by atoms with Crippen LogP contribution < -0.4 is 10.0 Å². The van der Waals surface area contributed by atoms with Crippen LogP contribution in [0.25, 0.3) is 0 Å². The second-order valence-corrected chi connectivity index (χ2v) is 8.46. The Morgan fingerprint density at radius 1 is 0.923 bits per heavy atom. The van der Waals surface area contributed by atoms with Gasteiger partial charge in [0.05, 0.1) is 9.77 Å². The van der Waals surface area contributed by atoms with E-state index in [0.717, 1.165) is 22.5 Å². The molecule has 0 aliphatic rings. The Balaban J connectivity index is 1.77. The van der Waals surface area contributed by atoms with Crippen LogP contribution in [0.15, 0.2) is 64.9 Å². The van der Waals surface area contributed by atoms with Crippen molar-refractivity contribution in [1.29, 1.82) is 0 Å². The average Bonchev–Trinajstić information content (AvgIpc) is 3.10. The number of hydrogen-bond acceptors (Lipinski definition) is 4. The molecule has 1 heterocycles. The van der Waals surface area contributed by atoms with Gasteiger partial charge in [-0.05, 0) is 55.3 Å². The van der Waals surface area contributed by atoms with E-state index in [0.29, 0.717) is 16.3 Å². The zero-order chi connectivity index (χ0) is 18.7. The van der Waals surface area contributed by atoms with E-state index < -0.39 is 10.0 Å². The highest BCUT2D eigenvalue weighted by Gasteiger charge is 2.19. The van der Waals surface area contributed by atoms with E-state index in [2.05, 4.69) is 10.0 Å². The molecule has 3 rings (SSSR count). The van der Waals surface area contributed by atoms with E-state index in [1.807, 2.05) is 38.1 Å². The van der Waals surface area contributed by atoms with Crippen molar-refractivity contribution in [3.8, 4) is 0 Å². The Bertz CT molecular complexity index is 1040. The van der Waals surface area contributed by atoms with Crippen LogP contribution in [0.2, 0.25) is 0 Å². The first kappa shape index (κ1) is 18.2. The maximum absolute atomic E-state index is 12.6. The van der Waals surface area contributed by atoms with Gasteiger partial charge < -0.3 is 5.32 Å². The van der Waals surface area contributed by atoms with Gasteiger partial charge in [-0.25, -0.2) is 8.42 Å². The van der Waals surface area contributed by atoms with Gasteiger partial charge in [0, 0.05) is 16.8 Å². The number of rotatable bonds is 5. The molecule has 2 aromatic carbocycles. The van der Waals surface area contributed by atoms with Crippen molar-refractivity contribution in [2.24, 2.45) is 0 Å². The lowest BCUT2D eigenvalue weighted by atomic mass is 10.1. The van der Waals surface area contributed by atoms with Crippen LogP contribution in [0.5, 0.6) is 0 Å². The van der Waals surface area contributed by atoms with E-state index in [4.69, 9.17) is 0 Å². The molecule has 0 spiro atoms. The summed E-state index contributed by atoms with van der Waals surface area (Å²) in [5, 5.41) is 4.20. The molecule has 2 N–H and O–H groups in total. The molecule has 5 nitrogen and oxygen atoms in total. The van der Waals surface area contributed by atoms with Crippen LogP contribution in [-0.2, 0) is 10.0 Å². The summed E-state index contributed by atoms with van der Waals surface area (Å²) in [5.74, 6) is -0.339. The van der Waals surface area contributed by atoms with E-state index in [-0.39, 0.29) is 10.8 Å². The quantitative estimate of drug-likeness (QED) is 0.682. The predicted octanol–water partition coefficient (Wildman–Crippen LogP) is 4.42. The summed E-state index contributed by atoms with van der Waals surface area (Å²) in [7, 11) is -3.75. The van der Waals surface area contributed by atoms with Crippen LogP contribution in [0, 0.1) is 13.8 Å². The molecular formula is C19H18N2O3S2. The standard InChI is InChI=1S/C19H18N2O3S2/c1-13-8-9-16(10-14(13)2)21-26(23,24)17-11-18(25-12-17)19(22)20-15-6-4-3-5-7-15/h3-12,21H,1-2H3,(H,20,22). The van der Waals surface area contributed by atoms with Crippen LogP contribution in [-0.4, -0.2) is 14.3 Å². The average molecular weight is 386 g/mol. The van der Waals surface area contributed by atoms with Crippen LogP contribution >= 0.6 is 11.3 Å². The van der Waals surface area contributed by atoms with E-state index in [1.54, 1.807) is 24.3 Å². The third kappa shape index (κ3) is 4.12. The Kier molecular flexibility index (Phi) is 5.11. The predicted molar refractivity (Wildman–Crippen MR) is 105 cm³/mol. The molecule has 0 radical (unpaired) electrons. The van der Waals surface area contributed by atoms with Gasteiger partial charge in [-0.15, -0.1) is 11.3 Å². The Hall–Kier alpha value is -2.64. The third-order valence-corrected chi connectivity index (χ3v) is 6.34. The van der Waals surface area contributed by atoms with Crippen LogP contribution in [0.3, 0.4) is 0 Å². The number of benzene rings is 2. The molecule has 0 unspecified atom stereocenters. The highest BCUT2D eigenvalue weighted by molar-refractivity contribution is 7.92. The summed E-state index contributed by atoms with van der Waals surface area (Å²) in [5.41, 5.74) is 3.24. The maximum Gasteiger partial charge on any atom is 0.265 e. The molecule has 0 saturated carbocycles. The van der Waals surface area contributed by atoms with Crippen LogP contribution in [0.1, 0.15) is 20.8 Å². The minimum atomic E-state index is -3.75. The van der Waals surface area contributed by atoms with Gasteiger partial charge in [0.1, 0.15) is 0 Å². The van der Waals surface area contributed by atoms with Gasteiger partial charge in [-0.3, -0.25) is 9.52 Å². The number of amides is 1. The number of thiophene rings is 1. The monoisotopic (exact) mass is 386 g/mol. The Morgan fingerprint density at radius 2 is 1.65 bits per heavy atom. The largest absolute Gasteiger partial charge is 0.321 e. The SMILES string of the molecule is Cc1ccc(NS(=O)(=O)c2csc(C(=O)Nc3ccccc3)c2)cc1C. The van der Waals surface area contributed by atoms with Crippen molar-refractivity contribution < 1.29 is 13.2 Å². The van der Waals surface area contributed by atoms with Gasteiger partial charge in [-0.2, -0.15) is 0 Å². The molecule has 0 aliphatic carbocycles. The fourth-order valence-corrected chi connectivity index (χ4v) is 4.53. The van der Waals surface area contributed by atoms with Crippen LogP contribution in [0.4, 0.5) is 11.4 Å². The summed E-state index contributed by atoms with van der Waals surface area (Å²) in [4.78, 5) is 12.7. The Labute approximate surface area is 156 Å². The minimum Gasteiger partial charge on any atom is -0.321 e. The molecule has 0 atom stereocenters. The van der Waals surface area contributed by atoms with Crippen molar-refractivity contribution in [1.82, 2.24) is 0 Å². The summed E-state index contributed by atoms with van der Waals surface area (Å²) in [6, 6.07) is 15.8. The van der Waals surface area contributed by atoms with Gasteiger partial charge in [0.25, 0.3) is 15.9 Å². The second-order valence-electron chi connectivity index (χ2n) is 5.87. The lowest BCUT2D eigenvalue weighted by Crippen LogP contribution is -2.13. The zero-order valence-electron chi connectivity index (χ0n) is 14.3. The fraction of sp³-hybridized carbons (Fsp3) is 0.105. The number of nitrogens with one attached hydrogen (secondary N) is 2. The number of anilines is 2. The topological polar surface area (TPSA) is 75.3 Å². The molecule has 0 saturated heterocycles. The number of sulfonamides is 1. The first-order valence-electron chi connectivity index (χ1n) is 7.90. The maximum atomic E-state index is 12.6. The smallest absolute Gasteiger partial charge is 0.265 e. The van der Waals surface area contributed by atoms with Gasteiger partial charge in [0.2, 0.25) is 0 Å². The van der Waals surface area contributed by atoms with Gasteiger partial charge >= 0.3 is 0 Å². The van der Waals surface area contributed by atoms with E-state index in [9.17, 15) is 13.2 Å². The van der Waals surface area contributed by atoms with E-state index in [1.165, 1.54) is 11.4 Å². The molecule has 1 aromatic heterocycles. The third-order valence-electron chi connectivity index (χ3n) is 3.90. The summed E-state index contributed by atoms with van der Waals surface area (Å²) >= 11 is 1.09. The summed E-state index contributed by atoms with van der Waals surface area (Å²) in [6.07, 6.45) is 0. The molecule has 26 heavy (non-hydrogen) atoms. The van der Waals surface area contributed by atoms with Gasteiger partial charge in [0.15, 0.2) is 0 Å². The molecular weight excluding hydrogens is 368 g/mol. The summed E-state index contributed by atoms with van der Waals surface area (Å²) in [6.45, 7) is 3.88. The van der Waals surface area contributed by atoms with Crippen molar-refractivity contribution in [2.75, 3.05) is 10.0 Å². The van der Waals surface area contributed by atoms with Crippen molar-refractivity contribution in [3.63, 3.8) is 0 Å². The lowest BCUT2D eigenvalue weighted by Gasteiger charge is -2.08. The Morgan fingerprint density at radius 3 is 2.35 bits per heavy atom. The molecule has 3 aromatic rings. The normalized spacial score (nSPS) is 11.2. The van der Waals surface area contributed by atoms with Crippen molar-refractivity contribution in [2.45, 2.75) is 18.7 Å². The number of hydrogen-bond donors (Lipinski definition) is 2. The number of aryl methyl sites for hydroxylation is 2. The second kappa shape index (κ2) is 7.31. The first-order chi connectivity index (χ1) is 12.3. The highest BCUT2D eigenvalue weighted by Crippen LogP contribution is 2.24. The number of carbonyl (C=O) groups excluding carboxylic acids is 1. The zero-order valence-corrected chi connectivity index (χ0v) is 15.9. The highest BCUT2D eigenvalue weighted by atomic mass is 32.2. The van der Waals surface area contributed by atoms with E-state index >= 15 is 0 Å². The molecule has 1 amide bonds. The molecule has 134 valence electrons. The summed E-state index contributed by atoms with van der Waals surface area (Å²) < 4.78 is 27.7. The van der Waals surface area contributed by atoms with Crippen molar-refractivity contribution >= 4 is 38.6 Å². The van der Waals surface area contributed by atoms with Gasteiger partial charge in [-0.1, -0.05) is 24.3 Å². The first-order valence-corrected chi connectivity index (χ1v) is 10.3. The number of carbonyl (C=O) groups is 1. The molecule has 7 heteroatoms. The minimum absolute atomic E-state index is 0.0685. The molecule has 0 aliphatic heterocycles.